The molecule has 0 atom stereocenters. The Hall–Kier alpha value is -1.69. The number of carbonyl (C=O) groups is 2. The number of aryl methyl sites for hydroxylation is 3. The molecule has 2 aromatic heterocycles. The average molecular weight is 387 g/mol. The lowest BCUT2D eigenvalue weighted by molar-refractivity contribution is 0.102. The van der Waals surface area contributed by atoms with Crippen molar-refractivity contribution in [1.29, 1.82) is 0 Å². The molecule has 2 rings (SSSR count). The quantitative estimate of drug-likeness (QED) is 0.615. The van der Waals surface area contributed by atoms with Gasteiger partial charge < -0.3 is 5.32 Å². The lowest BCUT2D eigenvalue weighted by Gasteiger charge is -2.15. The van der Waals surface area contributed by atoms with E-state index in [4.69, 9.17) is 34.8 Å². The molecular formula is C16H14Cl3N3O2. The Labute approximate surface area is 154 Å². The second-order valence-corrected chi connectivity index (χ2v) is 6.38. The first kappa shape index (κ1) is 18.6. The minimum absolute atomic E-state index is 0.0531. The highest BCUT2D eigenvalue weighted by Crippen LogP contribution is 2.31. The fourth-order valence-electron chi connectivity index (χ4n) is 2.11. The van der Waals surface area contributed by atoms with E-state index < -0.39 is 11.1 Å². The molecule has 0 fully saturated rings. The lowest BCUT2D eigenvalue weighted by Crippen LogP contribution is -2.18. The van der Waals surface area contributed by atoms with Crippen molar-refractivity contribution in [2.75, 3.05) is 5.32 Å². The third-order valence-corrected chi connectivity index (χ3v) is 4.49. The molecule has 0 aliphatic heterocycles. The van der Waals surface area contributed by atoms with Gasteiger partial charge in [-0.1, -0.05) is 23.2 Å². The van der Waals surface area contributed by atoms with Gasteiger partial charge in [-0.05, 0) is 56.5 Å². The maximum absolute atomic E-state index is 12.6. The average Bonchev–Trinajstić information content (AvgIpc) is 2.47. The van der Waals surface area contributed by atoms with Crippen molar-refractivity contribution >= 4 is 51.6 Å². The first-order valence-electron chi connectivity index (χ1n) is 6.95. The molecule has 0 aliphatic carbocycles. The number of amides is 1. The minimum Gasteiger partial charge on any atom is -0.321 e. The third kappa shape index (κ3) is 3.53. The van der Waals surface area contributed by atoms with Gasteiger partial charge in [0, 0.05) is 11.4 Å². The number of hydrogen-bond acceptors (Lipinski definition) is 4. The lowest BCUT2D eigenvalue weighted by atomic mass is 10.1. The summed E-state index contributed by atoms with van der Waals surface area (Å²) in [7, 11) is 0. The van der Waals surface area contributed by atoms with Crippen LogP contribution in [0.2, 0.25) is 10.3 Å². The van der Waals surface area contributed by atoms with Crippen LogP contribution < -0.4 is 5.32 Å². The van der Waals surface area contributed by atoms with Gasteiger partial charge in [0.2, 0.25) is 0 Å². The molecule has 0 saturated carbocycles. The minimum atomic E-state index is -0.810. The number of halogens is 3. The van der Waals surface area contributed by atoms with E-state index in [9.17, 15) is 9.59 Å². The Bertz CT molecular complexity index is 866. The standard InChI is InChI=1S/C16H14Cl3N3O2/c1-6-5-10(13(17)20-8(6)3)16(24)22-12-7(2)9(4)21-14(18)11(12)15(19)23/h5H,1-4H3,(H,21,22,24). The summed E-state index contributed by atoms with van der Waals surface area (Å²) in [4.78, 5) is 32.5. The number of rotatable bonds is 3. The molecule has 0 aliphatic rings. The molecule has 0 aromatic carbocycles. The molecule has 2 aromatic rings. The maximum Gasteiger partial charge on any atom is 0.258 e. The molecule has 0 bridgehead atoms. The Morgan fingerprint density at radius 2 is 1.58 bits per heavy atom. The van der Waals surface area contributed by atoms with Crippen LogP contribution in [0.3, 0.4) is 0 Å². The van der Waals surface area contributed by atoms with Crippen LogP contribution in [0.25, 0.3) is 0 Å². The molecular weight excluding hydrogens is 373 g/mol. The topological polar surface area (TPSA) is 72.0 Å². The summed E-state index contributed by atoms with van der Waals surface area (Å²) in [5.74, 6) is -0.514. The zero-order valence-corrected chi connectivity index (χ0v) is 15.7. The van der Waals surface area contributed by atoms with Crippen molar-refractivity contribution < 1.29 is 9.59 Å². The van der Waals surface area contributed by atoms with Gasteiger partial charge in [-0.2, -0.15) is 0 Å². The number of carbonyl (C=O) groups excluding carboxylic acids is 2. The maximum atomic E-state index is 12.6. The highest BCUT2D eigenvalue weighted by atomic mass is 35.5. The summed E-state index contributed by atoms with van der Waals surface area (Å²) in [6.45, 7) is 7.03. The molecule has 1 amide bonds. The van der Waals surface area contributed by atoms with Crippen LogP contribution >= 0.6 is 34.8 Å². The Morgan fingerprint density at radius 1 is 1.00 bits per heavy atom. The second-order valence-electron chi connectivity index (χ2n) is 5.32. The van der Waals surface area contributed by atoms with Crippen molar-refractivity contribution in [3.05, 3.63) is 50.0 Å². The van der Waals surface area contributed by atoms with Gasteiger partial charge in [0.1, 0.15) is 10.3 Å². The summed E-state index contributed by atoms with van der Waals surface area (Å²) in [6.07, 6.45) is 0. The Balaban J connectivity index is 2.54. The molecule has 0 unspecified atom stereocenters. The predicted molar refractivity (Wildman–Crippen MR) is 95.6 cm³/mol. The van der Waals surface area contributed by atoms with Crippen LogP contribution in [-0.2, 0) is 0 Å². The summed E-state index contributed by atoms with van der Waals surface area (Å²) < 4.78 is 0. The van der Waals surface area contributed by atoms with Crippen molar-refractivity contribution in [2.45, 2.75) is 27.7 Å². The third-order valence-electron chi connectivity index (χ3n) is 3.74. The highest BCUT2D eigenvalue weighted by Gasteiger charge is 2.22. The van der Waals surface area contributed by atoms with Gasteiger partial charge in [-0.25, -0.2) is 9.97 Å². The normalized spacial score (nSPS) is 10.6. The molecule has 0 spiro atoms. The Morgan fingerprint density at radius 3 is 2.17 bits per heavy atom. The number of pyridine rings is 2. The van der Waals surface area contributed by atoms with Crippen LogP contribution in [0, 0.1) is 27.7 Å². The fraction of sp³-hybridized carbons (Fsp3) is 0.250. The fourth-order valence-corrected chi connectivity index (χ4v) is 2.92. The van der Waals surface area contributed by atoms with E-state index in [1.54, 1.807) is 26.8 Å². The molecule has 0 saturated heterocycles. The molecule has 24 heavy (non-hydrogen) atoms. The molecule has 1 N–H and O–H groups in total. The molecule has 5 nitrogen and oxygen atoms in total. The number of aromatic nitrogens is 2. The summed E-state index contributed by atoms with van der Waals surface area (Å²) in [5, 5.41) is 1.84. The van der Waals surface area contributed by atoms with Crippen molar-refractivity contribution in [2.24, 2.45) is 0 Å². The highest BCUT2D eigenvalue weighted by molar-refractivity contribution is 6.69. The van der Waals surface area contributed by atoms with Crippen molar-refractivity contribution in [3.63, 3.8) is 0 Å². The number of nitrogens with one attached hydrogen (secondary N) is 1. The van der Waals surface area contributed by atoms with Gasteiger partial charge in [-0.15, -0.1) is 0 Å². The SMILES string of the molecule is Cc1cc(C(=O)Nc2c(C)c(C)nc(Cl)c2C(=O)Cl)c(Cl)nc1C. The van der Waals surface area contributed by atoms with E-state index in [2.05, 4.69) is 15.3 Å². The van der Waals surface area contributed by atoms with E-state index in [0.29, 0.717) is 11.3 Å². The van der Waals surface area contributed by atoms with Crippen LogP contribution in [0.5, 0.6) is 0 Å². The zero-order chi connectivity index (χ0) is 18.2. The van der Waals surface area contributed by atoms with Gasteiger partial charge in [0.05, 0.1) is 16.8 Å². The van der Waals surface area contributed by atoms with E-state index in [1.807, 2.05) is 6.92 Å². The number of anilines is 1. The van der Waals surface area contributed by atoms with Gasteiger partial charge in [0.25, 0.3) is 11.1 Å². The van der Waals surface area contributed by atoms with Gasteiger partial charge >= 0.3 is 0 Å². The molecule has 126 valence electrons. The molecule has 8 heteroatoms. The second kappa shape index (κ2) is 7.05. The van der Waals surface area contributed by atoms with Crippen LogP contribution in [0.1, 0.15) is 43.2 Å². The van der Waals surface area contributed by atoms with Crippen molar-refractivity contribution in [3.8, 4) is 0 Å². The first-order valence-corrected chi connectivity index (χ1v) is 8.08. The molecule has 2 heterocycles. The summed E-state index contributed by atoms with van der Waals surface area (Å²) in [5.41, 5.74) is 3.06. The largest absolute Gasteiger partial charge is 0.321 e. The summed E-state index contributed by atoms with van der Waals surface area (Å²) in [6, 6.07) is 1.63. The monoisotopic (exact) mass is 385 g/mol. The van der Waals surface area contributed by atoms with Gasteiger partial charge in [0.15, 0.2) is 0 Å². The summed E-state index contributed by atoms with van der Waals surface area (Å²) >= 11 is 17.7. The first-order chi connectivity index (χ1) is 11.1. The van der Waals surface area contributed by atoms with E-state index in [1.165, 1.54) is 0 Å². The van der Waals surface area contributed by atoms with Crippen LogP contribution in [-0.4, -0.2) is 21.1 Å². The smallest absolute Gasteiger partial charge is 0.258 e. The van der Waals surface area contributed by atoms with Gasteiger partial charge in [-0.3, -0.25) is 9.59 Å². The zero-order valence-electron chi connectivity index (χ0n) is 13.4. The van der Waals surface area contributed by atoms with E-state index in [-0.39, 0.29) is 27.1 Å². The van der Waals surface area contributed by atoms with E-state index in [0.717, 1.165) is 11.3 Å². The van der Waals surface area contributed by atoms with E-state index >= 15 is 0 Å². The number of hydrogen-bond donors (Lipinski definition) is 1. The Kier molecular flexibility index (Phi) is 5.48. The predicted octanol–water partition coefficient (Wildman–Crippen LogP) is 4.65. The van der Waals surface area contributed by atoms with Crippen molar-refractivity contribution in [1.82, 2.24) is 9.97 Å². The van der Waals surface area contributed by atoms with Crippen LogP contribution in [0.4, 0.5) is 5.69 Å². The molecule has 0 radical (unpaired) electrons. The number of nitrogens with zero attached hydrogens (tertiary/aromatic N) is 2. The van der Waals surface area contributed by atoms with Crippen LogP contribution in [0.15, 0.2) is 6.07 Å².